The average Bonchev–Trinajstić information content (AvgIpc) is 3.55. The summed E-state index contributed by atoms with van der Waals surface area (Å²) in [5.41, 5.74) is 2.41. The number of halogens is 1. The molecule has 1 aliphatic heterocycles. The molecule has 0 atom stereocenters. The van der Waals surface area contributed by atoms with Crippen molar-refractivity contribution in [2.75, 3.05) is 19.6 Å². The zero-order valence-corrected chi connectivity index (χ0v) is 20.2. The van der Waals surface area contributed by atoms with Gasteiger partial charge in [-0.2, -0.15) is 0 Å². The number of nitrogens with zero attached hydrogens (tertiary/aromatic N) is 3. The Kier molecular flexibility index (Phi) is 6.53. The van der Waals surface area contributed by atoms with E-state index in [1.54, 1.807) is 0 Å². The first kappa shape index (κ1) is 22.2. The summed E-state index contributed by atoms with van der Waals surface area (Å²) in [7, 11) is 0. The average molecular weight is 483 g/mol. The summed E-state index contributed by atoms with van der Waals surface area (Å²) in [6.45, 7) is 5.87. The lowest BCUT2D eigenvalue weighted by Crippen LogP contribution is -2.45. The van der Waals surface area contributed by atoms with Gasteiger partial charge in [0.05, 0.1) is 15.8 Å². The molecule has 0 spiro atoms. The van der Waals surface area contributed by atoms with Gasteiger partial charge in [0, 0.05) is 36.1 Å². The van der Waals surface area contributed by atoms with E-state index in [4.69, 9.17) is 16.1 Å². The van der Waals surface area contributed by atoms with Crippen molar-refractivity contribution in [3.05, 3.63) is 64.3 Å². The maximum absolute atomic E-state index is 13.3. The van der Waals surface area contributed by atoms with E-state index in [1.165, 1.54) is 17.8 Å². The van der Waals surface area contributed by atoms with Crippen LogP contribution in [0.4, 0.5) is 0 Å². The maximum Gasteiger partial charge on any atom is 0.268 e. The highest BCUT2D eigenvalue weighted by molar-refractivity contribution is 7.19. The first-order chi connectivity index (χ1) is 16.1. The molecule has 172 valence electrons. The summed E-state index contributed by atoms with van der Waals surface area (Å²) in [5.74, 6) is 0.650. The van der Waals surface area contributed by atoms with Crippen molar-refractivity contribution in [3.8, 4) is 10.6 Å². The van der Waals surface area contributed by atoms with E-state index in [-0.39, 0.29) is 11.9 Å². The fourth-order valence-corrected chi connectivity index (χ4v) is 5.55. The zero-order valence-electron chi connectivity index (χ0n) is 18.6. The Morgan fingerprint density at radius 2 is 2.03 bits per heavy atom. The molecule has 0 radical (unpaired) electrons. The number of amides is 1. The number of nitrogens with one attached hydrogen (secondary N) is 1. The third-order valence-electron chi connectivity index (χ3n) is 6.20. The van der Waals surface area contributed by atoms with E-state index >= 15 is 0 Å². The van der Waals surface area contributed by atoms with Crippen LogP contribution >= 0.6 is 22.9 Å². The highest BCUT2D eigenvalue weighted by atomic mass is 35.5. The van der Waals surface area contributed by atoms with Gasteiger partial charge >= 0.3 is 0 Å². The molecule has 1 aromatic carbocycles. The van der Waals surface area contributed by atoms with Crippen molar-refractivity contribution >= 4 is 39.7 Å². The zero-order chi connectivity index (χ0) is 22.8. The smallest absolute Gasteiger partial charge is 0.268 e. The highest BCUT2D eigenvalue weighted by Gasteiger charge is 2.23. The van der Waals surface area contributed by atoms with E-state index in [1.807, 2.05) is 53.1 Å². The number of carbonyl (C=O) groups is 1. The molecule has 0 bridgehead atoms. The van der Waals surface area contributed by atoms with Crippen molar-refractivity contribution in [1.82, 2.24) is 19.9 Å². The molecule has 0 unspecified atom stereocenters. The van der Waals surface area contributed by atoms with E-state index in [9.17, 15) is 4.79 Å². The molecule has 33 heavy (non-hydrogen) atoms. The number of fused-ring (bicyclic) bond motifs is 1. The predicted molar refractivity (Wildman–Crippen MR) is 133 cm³/mol. The molecule has 6 nitrogen and oxygen atoms in total. The number of benzene rings is 1. The number of aromatic nitrogens is 2. The standard InChI is InChI=1S/C25H27ClN4O2S/c1-2-11-29-12-9-18(10-13-29)27-25(31)21-14-17-5-3-4-6-20(17)30(21)16-19-15-22(32-28-19)23-7-8-24(26)33-23/h3-8,14-15,18H,2,9-13,16H2,1H3,(H,27,31). The van der Waals surface area contributed by atoms with Gasteiger partial charge in [0.25, 0.3) is 5.91 Å². The molecule has 8 heteroatoms. The molecular weight excluding hydrogens is 456 g/mol. The number of carbonyl (C=O) groups excluding carboxylic acids is 1. The Hall–Kier alpha value is -2.61. The van der Waals surface area contributed by atoms with Crippen LogP contribution in [-0.4, -0.2) is 46.2 Å². The topological polar surface area (TPSA) is 63.3 Å². The van der Waals surface area contributed by atoms with Crippen LogP contribution in [0.25, 0.3) is 21.5 Å². The first-order valence-electron chi connectivity index (χ1n) is 11.4. The van der Waals surface area contributed by atoms with Crippen molar-refractivity contribution < 1.29 is 9.32 Å². The molecule has 1 aliphatic rings. The number of piperidine rings is 1. The maximum atomic E-state index is 13.3. The van der Waals surface area contributed by atoms with Crippen LogP contribution < -0.4 is 5.32 Å². The Balaban J connectivity index is 1.37. The van der Waals surface area contributed by atoms with Gasteiger partial charge in [-0.3, -0.25) is 4.79 Å². The fraction of sp³-hybridized carbons (Fsp3) is 0.360. The SMILES string of the molecule is CCCN1CCC(NC(=O)c2cc3ccccc3n2Cc2cc(-c3ccc(Cl)s3)on2)CC1. The predicted octanol–water partition coefficient (Wildman–Crippen LogP) is 5.66. The van der Waals surface area contributed by atoms with Crippen LogP contribution in [-0.2, 0) is 6.54 Å². The van der Waals surface area contributed by atoms with Gasteiger partial charge in [0.1, 0.15) is 11.4 Å². The number of para-hydroxylation sites is 1. The molecule has 1 amide bonds. The van der Waals surface area contributed by atoms with Crippen LogP contribution in [0.5, 0.6) is 0 Å². The second-order valence-corrected chi connectivity index (χ2v) is 10.3. The third kappa shape index (κ3) is 4.86. The van der Waals surface area contributed by atoms with Gasteiger partial charge in [-0.15, -0.1) is 11.3 Å². The summed E-state index contributed by atoms with van der Waals surface area (Å²) in [6.07, 6.45) is 3.14. The van der Waals surface area contributed by atoms with Crippen LogP contribution in [0, 0.1) is 0 Å². The van der Waals surface area contributed by atoms with Gasteiger partial charge in [-0.1, -0.05) is 41.9 Å². The van der Waals surface area contributed by atoms with E-state index in [0.29, 0.717) is 22.3 Å². The quantitative estimate of drug-likeness (QED) is 0.369. The summed E-state index contributed by atoms with van der Waals surface area (Å²) in [4.78, 5) is 16.7. The molecule has 4 heterocycles. The Labute approximate surface area is 202 Å². The van der Waals surface area contributed by atoms with E-state index < -0.39 is 0 Å². The lowest BCUT2D eigenvalue weighted by Gasteiger charge is -2.32. The lowest BCUT2D eigenvalue weighted by atomic mass is 10.0. The van der Waals surface area contributed by atoms with Crippen molar-refractivity contribution in [2.24, 2.45) is 0 Å². The fourth-order valence-electron chi connectivity index (χ4n) is 4.56. The second-order valence-electron chi connectivity index (χ2n) is 8.55. The number of thiophene rings is 1. The monoisotopic (exact) mass is 482 g/mol. The minimum Gasteiger partial charge on any atom is -0.355 e. The third-order valence-corrected chi connectivity index (χ3v) is 7.45. The summed E-state index contributed by atoms with van der Waals surface area (Å²) in [6, 6.07) is 15.9. The van der Waals surface area contributed by atoms with Crippen LogP contribution in [0.15, 0.2) is 53.1 Å². The van der Waals surface area contributed by atoms with Gasteiger partial charge in [0.2, 0.25) is 0 Å². The van der Waals surface area contributed by atoms with Gasteiger partial charge in [-0.25, -0.2) is 0 Å². The first-order valence-corrected chi connectivity index (χ1v) is 12.6. The van der Waals surface area contributed by atoms with Crippen molar-refractivity contribution in [2.45, 2.75) is 38.8 Å². The van der Waals surface area contributed by atoms with Crippen LogP contribution in [0.1, 0.15) is 42.4 Å². The lowest BCUT2D eigenvalue weighted by molar-refractivity contribution is 0.0902. The normalized spacial score (nSPS) is 15.3. The molecular formula is C25H27ClN4O2S. The summed E-state index contributed by atoms with van der Waals surface area (Å²) < 4.78 is 8.29. The molecule has 5 rings (SSSR count). The van der Waals surface area contributed by atoms with Gasteiger partial charge < -0.3 is 19.3 Å². The van der Waals surface area contributed by atoms with Gasteiger partial charge in [-0.05, 0) is 50.1 Å². The number of hydrogen-bond acceptors (Lipinski definition) is 5. The van der Waals surface area contributed by atoms with E-state index in [2.05, 4.69) is 22.3 Å². The summed E-state index contributed by atoms with van der Waals surface area (Å²) in [5, 5.41) is 8.57. The van der Waals surface area contributed by atoms with E-state index in [0.717, 1.165) is 53.9 Å². The molecule has 1 saturated heterocycles. The Morgan fingerprint density at radius 3 is 2.79 bits per heavy atom. The number of rotatable bonds is 7. The van der Waals surface area contributed by atoms with Crippen LogP contribution in [0.2, 0.25) is 4.34 Å². The molecule has 0 aliphatic carbocycles. The van der Waals surface area contributed by atoms with Crippen LogP contribution in [0.3, 0.4) is 0 Å². The minimum absolute atomic E-state index is 0.0334. The molecule has 3 aromatic heterocycles. The Morgan fingerprint density at radius 1 is 1.21 bits per heavy atom. The number of hydrogen-bond donors (Lipinski definition) is 1. The summed E-state index contributed by atoms with van der Waals surface area (Å²) >= 11 is 7.51. The largest absolute Gasteiger partial charge is 0.355 e. The second kappa shape index (κ2) is 9.71. The van der Waals surface area contributed by atoms with Gasteiger partial charge in [0.15, 0.2) is 5.76 Å². The number of likely N-dealkylation sites (tertiary alicyclic amines) is 1. The molecule has 1 N–H and O–H groups in total. The molecule has 4 aromatic rings. The van der Waals surface area contributed by atoms with Crippen molar-refractivity contribution in [3.63, 3.8) is 0 Å². The highest BCUT2D eigenvalue weighted by Crippen LogP contribution is 2.32. The van der Waals surface area contributed by atoms with Crippen molar-refractivity contribution in [1.29, 1.82) is 0 Å². The molecule has 0 saturated carbocycles. The Bertz CT molecular complexity index is 1250. The minimum atomic E-state index is -0.0334. The molecule has 1 fully saturated rings.